The Morgan fingerprint density at radius 3 is 2.38 bits per heavy atom. The first kappa shape index (κ1) is 16.4. The van der Waals surface area contributed by atoms with Crippen molar-refractivity contribution in [2.45, 2.75) is 12.8 Å². The third kappa shape index (κ3) is 3.61. The van der Waals surface area contributed by atoms with Crippen molar-refractivity contribution in [3.05, 3.63) is 67.0 Å². The first-order valence-corrected chi connectivity index (χ1v) is 9.02. The standard InChI is InChI=1S/C21H23N5/c1-25(18-7-3-2-4-8-18)21-15-20(22-16-23-21)24-17-9-11-19(12-10-17)26-13-5-6-14-26/h2-4,7-12,15-16H,5-6,13-14H2,1H3,(H,22,23,24). The molecule has 0 unspecified atom stereocenters. The van der Waals surface area contributed by atoms with E-state index in [-0.39, 0.29) is 0 Å². The Hall–Kier alpha value is -3.08. The Kier molecular flexibility index (Phi) is 4.69. The zero-order valence-corrected chi connectivity index (χ0v) is 15.0. The lowest BCUT2D eigenvalue weighted by Gasteiger charge is -2.19. The fraction of sp³-hybridized carbons (Fsp3) is 0.238. The second kappa shape index (κ2) is 7.44. The van der Waals surface area contributed by atoms with Crippen LogP contribution in [0.15, 0.2) is 67.0 Å². The van der Waals surface area contributed by atoms with E-state index in [1.807, 2.05) is 36.2 Å². The van der Waals surface area contributed by atoms with Gasteiger partial charge in [-0.1, -0.05) is 18.2 Å². The monoisotopic (exact) mass is 345 g/mol. The van der Waals surface area contributed by atoms with Crippen LogP contribution < -0.4 is 15.1 Å². The van der Waals surface area contributed by atoms with Crippen molar-refractivity contribution < 1.29 is 0 Å². The van der Waals surface area contributed by atoms with E-state index in [9.17, 15) is 0 Å². The number of benzene rings is 2. The van der Waals surface area contributed by atoms with E-state index in [1.54, 1.807) is 6.33 Å². The van der Waals surface area contributed by atoms with Crippen LogP contribution >= 0.6 is 0 Å². The average Bonchev–Trinajstić information content (AvgIpc) is 3.24. The van der Waals surface area contributed by atoms with Gasteiger partial charge >= 0.3 is 0 Å². The van der Waals surface area contributed by atoms with Crippen molar-refractivity contribution in [2.75, 3.05) is 35.3 Å². The summed E-state index contributed by atoms with van der Waals surface area (Å²) in [6.45, 7) is 2.32. The molecular formula is C21H23N5. The van der Waals surface area contributed by atoms with Gasteiger partial charge in [0.25, 0.3) is 0 Å². The highest BCUT2D eigenvalue weighted by Crippen LogP contribution is 2.26. The summed E-state index contributed by atoms with van der Waals surface area (Å²) < 4.78 is 0. The van der Waals surface area contributed by atoms with Crippen molar-refractivity contribution in [1.82, 2.24) is 9.97 Å². The maximum Gasteiger partial charge on any atom is 0.138 e. The first-order chi connectivity index (χ1) is 12.8. The van der Waals surface area contributed by atoms with Crippen LogP contribution in [0.4, 0.5) is 28.7 Å². The second-order valence-corrected chi connectivity index (χ2v) is 6.52. The molecule has 3 aromatic rings. The smallest absolute Gasteiger partial charge is 0.138 e. The first-order valence-electron chi connectivity index (χ1n) is 9.02. The SMILES string of the molecule is CN(c1ccccc1)c1cc(Nc2ccc(N3CCCC3)cc2)ncn1. The predicted octanol–water partition coefficient (Wildman–Crippen LogP) is 4.59. The zero-order chi connectivity index (χ0) is 17.8. The van der Waals surface area contributed by atoms with Crippen LogP contribution in [0.3, 0.4) is 0 Å². The third-order valence-electron chi connectivity index (χ3n) is 4.75. The molecule has 26 heavy (non-hydrogen) atoms. The fourth-order valence-corrected chi connectivity index (χ4v) is 3.26. The van der Waals surface area contributed by atoms with Gasteiger partial charge in [0.2, 0.25) is 0 Å². The molecule has 5 nitrogen and oxygen atoms in total. The number of nitrogens with one attached hydrogen (secondary N) is 1. The molecule has 5 heteroatoms. The van der Waals surface area contributed by atoms with Crippen LogP contribution in [-0.2, 0) is 0 Å². The summed E-state index contributed by atoms with van der Waals surface area (Å²) >= 11 is 0. The summed E-state index contributed by atoms with van der Waals surface area (Å²) in [7, 11) is 2.01. The summed E-state index contributed by atoms with van der Waals surface area (Å²) in [6, 6.07) is 20.7. The Balaban J connectivity index is 1.48. The van der Waals surface area contributed by atoms with Crippen LogP contribution in [0.25, 0.3) is 0 Å². The molecule has 1 aliphatic rings. The van der Waals surface area contributed by atoms with Gasteiger partial charge in [-0.25, -0.2) is 9.97 Å². The molecule has 0 amide bonds. The van der Waals surface area contributed by atoms with E-state index >= 15 is 0 Å². The van der Waals surface area contributed by atoms with E-state index in [2.05, 4.69) is 56.6 Å². The van der Waals surface area contributed by atoms with E-state index < -0.39 is 0 Å². The average molecular weight is 345 g/mol. The lowest BCUT2D eigenvalue weighted by Crippen LogP contribution is -2.17. The summed E-state index contributed by atoms with van der Waals surface area (Å²) in [5.74, 6) is 1.63. The number of rotatable bonds is 5. The van der Waals surface area contributed by atoms with Crippen LogP contribution in [0.2, 0.25) is 0 Å². The molecule has 4 rings (SSSR count). The molecule has 1 N–H and O–H groups in total. The molecule has 0 radical (unpaired) electrons. The highest BCUT2D eigenvalue weighted by atomic mass is 15.2. The summed E-state index contributed by atoms with van der Waals surface area (Å²) in [6.07, 6.45) is 4.17. The summed E-state index contributed by atoms with van der Waals surface area (Å²) in [5, 5.41) is 3.37. The predicted molar refractivity (Wildman–Crippen MR) is 108 cm³/mol. The molecule has 0 bridgehead atoms. The van der Waals surface area contributed by atoms with Gasteiger partial charge in [0.1, 0.15) is 18.0 Å². The fourth-order valence-electron chi connectivity index (χ4n) is 3.26. The maximum absolute atomic E-state index is 4.39. The highest BCUT2D eigenvalue weighted by molar-refractivity contribution is 5.65. The molecule has 2 aromatic carbocycles. The molecule has 0 aliphatic carbocycles. The molecular weight excluding hydrogens is 322 g/mol. The van der Waals surface area contributed by atoms with Crippen molar-refractivity contribution in [3.63, 3.8) is 0 Å². The quantitative estimate of drug-likeness (QED) is 0.733. The molecule has 1 saturated heterocycles. The number of para-hydroxylation sites is 1. The lowest BCUT2D eigenvalue weighted by atomic mass is 10.2. The second-order valence-electron chi connectivity index (χ2n) is 6.52. The third-order valence-corrected chi connectivity index (χ3v) is 4.75. The Labute approximate surface area is 154 Å². The zero-order valence-electron chi connectivity index (χ0n) is 15.0. The molecule has 0 spiro atoms. The molecule has 1 aromatic heterocycles. The van der Waals surface area contributed by atoms with E-state index in [0.717, 1.165) is 36.1 Å². The van der Waals surface area contributed by atoms with E-state index in [4.69, 9.17) is 0 Å². The van der Waals surface area contributed by atoms with Crippen molar-refractivity contribution in [3.8, 4) is 0 Å². The minimum Gasteiger partial charge on any atom is -0.372 e. The molecule has 0 atom stereocenters. The lowest BCUT2D eigenvalue weighted by molar-refractivity contribution is 0.949. The molecule has 132 valence electrons. The minimum atomic E-state index is 0.784. The van der Waals surface area contributed by atoms with Crippen molar-refractivity contribution in [1.29, 1.82) is 0 Å². The van der Waals surface area contributed by atoms with Crippen molar-refractivity contribution >= 4 is 28.7 Å². The van der Waals surface area contributed by atoms with Crippen LogP contribution in [0.1, 0.15) is 12.8 Å². The molecule has 1 aliphatic heterocycles. The van der Waals surface area contributed by atoms with Crippen LogP contribution in [0.5, 0.6) is 0 Å². The number of hydrogen-bond acceptors (Lipinski definition) is 5. The Bertz CT molecular complexity index is 842. The summed E-state index contributed by atoms with van der Waals surface area (Å²) in [5.41, 5.74) is 3.41. The normalized spacial score (nSPS) is 13.7. The van der Waals surface area contributed by atoms with E-state index in [0.29, 0.717) is 0 Å². The van der Waals surface area contributed by atoms with Crippen LogP contribution in [-0.4, -0.2) is 30.1 Å². The maximum atomic E-state index is 4.39. The largest absolute Gasteiger partial charge is 0.372 e. The van der Waals surface area contributed by atoms with Gasteiger partial charge in [0.15, 0.2) is 0 Å². The number of nitrogens with zero attached hydrogens (tertiary/aromatic N) is 4. The van der Waals surface area contributed by atoms with Gasteiger partial charge < -0.3 is 15.1 Å². The van der Waals surface area contributed by atoms with Gasteiger partial charge in [0.05, 0.1) is 0 Å². The minimum absolute atomic E-state index is 0.784. The van der Waals surface area contributed by atoms with Gasteiger partial charge in [-0.15, -0.1) is 0 Å². The van der Waals surface area contributed by atoms with Crippen LogP contribution in [0, 0.1) is 0 Å². The number of anilines is 5. The highest BCUT2D eigenvalue weighted by Gasteiger charge is 2.12. The van der Waals surface area contributed by atoms with Gasteiger partial charge in [0, 0.05) is 43.3 Å². The number of aromatic nitrogens is 2. The van der Waals surface area contributed by atoms with Gasteiger partial charge in [-0.3, -0.25) is 0 Å². The molecule has 0 saturated carbocycles. The molecule has 2 heterocycles. The Morgan fingerprint density at radius 2 is 1.65 bits per heavy atom. The van der Waals surface area contributed by atoms with E-state index in [1.165, 1.54) is 18.5 Å². The summed E-state index contributed by atoms with van der Waals surface area (Å²) in [4.78, 5) is 13.2. The Morgan fingerprint density at radius 1 is 0.923 bits per heavy atom. The topological polar surface area (TPSA) is 44.3 Å². The van der Waals surface area contributed by atoms with Gasteiger partial charge in [-0.05, 0) is 49.2 Å². The van der Waals surface area contributed by atoms with Gasteiger partial charge in [-0.2, -0.15) is 0 Å². The van der Waals surface area contributed by atoms with Crippen molar-refractivity contribution in [2.24, 2.45) is 0 Å². The number of hydrogen-bond donors (Lipinski definition) is 1. The molecule has 1 fully saturated rings.